The second-order valence-corrected chi connectivity index (χ2v) is 6.09. The summed E-state index contributed by atoms with van der Waals surface area (Å²) in [5.74, 6) is 1.54. The molecule has 0 saturated heterocycles. The van der Waals surface area contributed by atoms with Crippen molar-refractivity contribution in [1.29, 1.82) is 0 Å². The van der Waals surface area contributed by atoms with Gasteiger partial charge in [0.2, 0.25) is 0 Å². The molecule has 0 fully saturated rings. The van der Waals surface area contributed by atoms with E-state index in [0.717, 1.165) is 34.0 Å². The van der Waals surface area contributed by atoms with Crippen LogP contribution in [0.25, 0.3) is 0 Å². The maximum atomic E-state index is 10.7. The molecule has 2 aromatic rings. The summed E-state index contributed by atoms with van der Waals surface area (Å²) in [6.45, 7) is 1.34. The quantitative estimate of drug-likeness (QED) is 0.782. The molecule has 0 atom stereocenters. The molecule has 1 aliphatic rings. The summed E-state index contributed by atoms with van der Waals surface area (Å²) in [6.07, 6.45) is 1.67. The molecular formula is C16H13ClO3S. The number of carbonyl (C=O) groups excluding carboxylic acids is 1. The minimum Gasteiger partial charge on any atom is -0.490 e. The van der Waals surface area contributed by atoms with E-state index in [1.165, 1.54) is 11.8 Å². The maximum Gasteiger partial charge on any atom is 0.162 e. The maximum absolute atomic E-state index is 10.7. The van der Waals surface area contributed by atoms with E-state index in [1.807, 2.05) is 24.3 Å². The molecule has 0 amide bonds. The Kier molecular flexibility index (Phi) is 4.36. The fourth-order valence-corrected chi connectivity index (χ4v) is 3.16. The summed E-state index contributed by atoms with van der Waals surface area (Å²) in [4.78, 5) is 12.6. The lowest BCUT2D eigenvalue weighted by molar-refractivity contribution is 0.112. The Labute approximate surface area is 132 Å². The van der Waals surface area contributed by atoms with Crippen molar-refractivity contribution in [2.75, 3.05) is 13.2 Å². The van der Waals surface area contributed by atoms with Crippen LogP contribution < -0.4 is 9.47 Å². The predicted octanol–water partition coefficient (Wildman–Crippen LogP) is 4.47. The van der Waals surface area contributed by atoms with Crippen LogP contribution in [0.2, 0.25) is 5.02 Å². The summed E-state index contributed by atoms with van der Waals surface area (Å²) < 4.78 is 11.3. The Balaban J connectivity index is 1.85. The molecule has 1 aliphatic heterocycles. The van der Waals surface area contributed by atoms with E-state index in [9.17, 15) is 4.79 Å². The fraction of sp³-hybridized carbons (Fsp3) is 0.188. The highest BCUT2D eigenvalue weighted by Crippen LogP contribution is 2.38. The molecule has 3 nitrogen and oxygen atoms in total. The van der Waals surface area contributed by atoms with Gasteiger partial charge in [-0.15, -0.1) is 0 Å². The number of ether oxygens (including phenoxy) is 2. The third-order valence-electron chi connectivity index (χ3n) is 3.04. The molecule has 0 N–H and O–H groups in total. The van der Waals surface area contributed by atoms with Crippen molar-refractivity contribution in [3.8, 4) is 11.5 Å². The van der Waals surface area contributed by atoms with Crippen LogP contribution in [0.1, 0.15) is 16.8 Å². The Hall–Kier alpha value is -1.65. The van der Waals surface area contributed by atoms with Gasteiger partial charge in [0.05, 0.1) is 18.2 Å². The van der Waals surface area contributed by atoms with Crippen molar-refractivity contribution in [3.63, 3.8) is 0 Å². The van der Waals surface area contributed by atoms with Gasteiger partial charge in [-0.25, -0.2) is 0 Å². The highest BCUT2D eigenvalue weighted by Gasteiger charge is 2.12. The first kappa shape index (κ1) is 14.3. The molecule has 0 bridgehead atoms. The lowest BCUT2D eigenvalue weighted by Crippen LogP contribution is -1.97. The normalized spacial score (nSPS) is 13.6. The van der Waals surface area contributed by atoms with Gasteiger partial charge >= 0.3 is 0 Å². The van der Waals surface area contributed by atoms with E-state index in [4.69, 9.17) is 21.1 Å². The van der Waals surface area contributed by atoms with Gasteiger partial charge in [0.15, 0.2) is 11.5 Å². The molecule has 108 valence electrons. The first-order chi connectivity index (χ1) is 10.3. The number of hydrogen-bond acceptors (Lipinski definition) is 4. The molecule has 0 saturated carbocycles. The predicted molar refractivity (Wildman–Crippen MR) is 83.0 cm³/mol. The van der Waals surface area contributed by atoms with Gasteiger partial charge in [0.1, 0.15) is 6.29 Å². The van der Waals surface area contributed by atoms with Crippen molar-refractivity contribution in [3.05, 3.63) is 47.0 Å². The van der Waals surface area contributed by atoms with Crippen LogP contribution in [0.4, 0.5) is 0 Å². The third-order valence-corrected chi connectivity index (χ3v) is 4.53. The average Bonchev–Trinajstić information content (AvgIpc) is 2.74. The van der Waals surface area contributed by atoms with Crippen LogP contribution >= 0.6 is 23.4 Å². The van der Waals surface area contributed by atoms with Crippen molar-refractivity contribution in [1.82, 2.24) is 0 Å². The van der Waals surface area contributed by atoms with Gasteiger partial charge in [-0.1, -0.05) is 29.4 Å². The first-order valence-electron chi connectivity index (χ1n) is 6.58. The highest BCUT2D eigenvalue weighted by atomic mass is 35.5. The lowest BCUT2D eigenvalue weighted by Gasteiger charge is -2.10. The molecule has 1 heterocycles. The third kappa shape index (κ3) is 3.34. The van der Waals surface area contributed by atoms with Crippen LogP contribution in [0, 0.1) is 0 Å². The number of aldehydes is 1. The average molecular weight is 321 g/mol. The number of rotatable bonds is 3. The zero-order valence-corrected chi connectivity index (χ0v) is 12.7. The van der Waals surface area contributed by atoms with E-state index in [0.29, 0.717) is 23.8 Å². The summed E-state index contributed by atoms with van der Waals surface area (Å²) in [5, 5.41) is 0.566. The fourth-order valence-electron chi connectivity index (χ4n) is 2.01. The number of fused-ring (bicyclic) bond motifs is 1. The van der Waals surface area contributed by atoms with Crippen LogP contribution in [0.15, 0.2) is 46.2 Å². The lowest BCUT2D eigenvalue weighted by atomic mass is 10.2. The second kappa shape index (κ2) is 6.41. The number of halogens is 1. The van der Waals surface area contributed by atoms with Gasteiger partial charge in [-0.2, -0.15) is 0 Å². The van der Waals surface area contributed by atoms with E-state index in [1.54, 1.807) is 12.1 Å². The molecule has 3 rings (SSSR count). The Morgan fingerprint density at radius 2 is 1.86 bits per heavy atom. The zero-order chi connectivity index (χ0) is 14.7. The van der Waals surface area contributed by atoms with Crippen molar-refractivity contribution in [2.24, 2.45) is 0 Å². The first-order valence-corrected chi connectivity index (χ1v) is 7.78. The van der Waals surface area contributed by atoms with E-state index < -0.39 is 0 Å². The standard InChI is InChI=1S/C16H13ClO3S/c17-13-8-11(10-18)2-5-16(13)21-12-3-4-14-15(9-12)20-7-1-6-19-14/h2-5,8-10H,1,6-7H2. The largest absolute Gasteiger partial charge is 0.490 e. The Bertz CT molecular complexity index is 673. The van der Waals surface area contributed by atoms with E-state index in [-0.39, 0.29) is 0 Å². The molecule has 5 heteroatoms. The topological polar surface area (TPSA) is 35.5 Å². The van der Waals surface area contributed by atoms with Gasteiger partial charge in [-0.05, 0) is 30.3 Å². The molecule has 0 unspecified atom stereocenters. The molecular weight excluding hydrogens is 308 g/mol. The number of carbonyl (C=O) groups is 1. The summed E-state index contributed by atoms with van der Waals surface area (Å²) in [5.41, 5.74) is 0.572. The molecule has 0 aliphatic carbocycles. The molecule has 0 spiro atoms. The molecule has 0 aromatic heterocycles. The summed E-state index contributed by atoms with van der Waals surface area (Å²) >= 11 is 7.72. The van der Waals surface area contributed by atoms with Crippen molar-refractivity contribution < 1.29 is 14.3 Å². The summed E-state index contributed by atoms with van der Waals surface area (Å²) in [6, 6.07) is 11.1. The zero-order valence-electron chi connectivity index (χ0n) is 11.2. The Morgan fingerprint density at radius 1 is 1.05 bits per heavy atom. The minimum absolute atomic E-state index is 0.566. The summed E-state index contributed by atoms with van der Waals surface area (Å²) in [7, 11) is 0. The van der Waals surface area contributed by atoms with Crippen LogP contribution in [0.5, 0.6) is 11.5 Å². The van der Waals surface area contributed by atoms with Crippen LogP contribution in [-0.4, -0.2) is 19.5 Å². The van der Waals surface area contributed by atoms with Gasteiger partial charge in [-0.3, -0.25) is 4.79 Å². The number of benzene rings is 2. The molecule has 0 radical (unpaired) electrons. The monoisotopic (exact) mass is 320 g/mol. The van der Waals surface area contributed by atoms with E-state index >= 15 is 0 Å². The van der Waals surface area contributed by atoms with E-state index in [2.05, 4.69) is 0 Å². The van der Waals surface area contributed by atoms with Crippen molar-refractivity contribution in [2.45, 2.75) is 16.2 Å². The smallest absolute Gasteiger partial charge is 0.162 e. The number of hydrogen-bond donors (Lipinski definition) is 0. The van der Waals surface area contributed by atoms with Crippen molar-refractivity contribution >= 4 is 29.6 Å². The van der Waals surface area contributed by atoms with Gasteiger partial charge in [0, 0.05) is 21.8 Å². The van der Waals surface area contributed by atoms with Crippen LogP contribution in [-0.2, 0) is 0 Å². The van der Waals surface area contributed by atoms with Gasteiger partial charge < -0.3 is 9.47 Å². The van der Waals surface area contributed by atoms with Crippen LogP contribution in [0.3, 0.4) is 0 Å². The van der Waals surface area contributed by atoms with Gasteiger partial charge in [0.25, 0.3) is 0 Å². The Morgan fingerprint density at radius 3 is 2.62 bits per heavy atom. The molecule has 21 heavy (non-hydrogen) atoms. The highest BCUT2D eigenvalue weighted by molar-refractivity contribution is 7.99. The SMILES string of the molecule is O=Cc1ccc(Sc2ccc3c(c2)OCCCO3)c(Cl)c1. The molecule has 2 aromatic carbocycles. The second-order valence-electron chi connectivity index (χ2n) is 4.57. The minimum atomic E-state index is 0.566.